The number of halogens is 1. The summed E-state index contributed by atoms with van der Waals surface area (Å²) < 4.78 is 13.6. The molecule has 0 radical (unpaired) electrons. The second kappa shape index (κ2) is 8.21. The van der Waals surface area contributed by atoms with Gasteiger partial charge in [-0.2, -0.15) is 0 Å². The number of benzene rings is 2. The van der Waals surface area contributed by atoms with Gasteiger partial charge >= 0.3 is 0 Å². The molecule has 3 rings (SSSR count). The van der Waals surface area contributed by atoms with Crippen LogP contribution in [0.25, 0.3) is 11.0 Å². The van der Waals surface area contributed by atoms with Crippen LogP contribution in [0.3, 0.4) is 0 Å². The zero-order valence-electron chi connectivity index (χ0n) is 18.5. The van der Waals surface area contributed by atoms with E-state index in [4.69, 9.17) is 9.15 Å². The van der Waals surface area contributed by atoms with Crippen LogP contribution < -0.4 is 10.1 Å². The molecule has 1 atom stereocenters. The molecular formula is C23H32INO2Si2. The highest BCUT2D eigenvalue weighted by atomic mass is 127. The standard InChI is InChI=1S/C23H32INO2Si2/c1-26-21-13-12-18(24)15-19(21)23(29(5,6)7,25-16-28(2,3)4)22-14-17-10-8-9-11-20(17)27-22/h8-15,25H,16H2,1-7H3. The molecule has 0 saturated carbocycles. The van der Waals surface area contributed by atoms with Crippen LogP contribution in [-0.2, 0) is 5.16 Å². The summed E-state index contributed by atoms with van der Waals surface area (Å²) in [5, 5.41) is 4.81. The van der Waals surface area contributed by atoms with Gasteiger partial charge < -0.3 is 14.5 Å². The third kappa shape index (κ3) is 4.50. The monoisotopic (exact) mass is 537 g/mol. The SMILES string of the molecule is COc1ccc(I)cc1C(NC[Si](C)(C)C)(c1cc2ccccc2o1)[Si](C)(C)C. The molecule has 29 heavy (non-hydrogen) atoms. The van der Waals surface area contributed by atoms with Crippen LogP contribution in [0.2, 0.25) is 39.3 Å². The van der Waals surface area contributed by atoms with Crippen molar-refractivity contribution in [2.75, 3.05) is 13.3 Å². The first-order chi connectivity index (χ1) is 13.5. The molecule has 3 aromatic rings. The Bertz CT molecular complexity index is 971. The van der Waals surface area contributed by atoms with E-state index in [0.717, 1.165) is 28.6 Å². The van der Waals surface area contributed by atoms with Crippen molar-refractivity contribution in [3.63, 3.8) is 0 Å². The fourth-order valence-corrected chi connectivity index (χ4v) is 7.84. The Hall–Kier alpha value is -1.10. The van der Waals surface area contributed by atoms with Gasteiger partial charge in [0.1, 0.15) is 17.1 Å². The molecule has 2 aromatic carbocycles. The maximum Gasteiger partial charge on any atom is 0.134 e. The number of hydrogen-bond donors (Lipinski definition) is 1. The Morgan fingerprint density at radius 1 is 1.00 bits per heavy atom. The number of nitrogens with one attached hydrogen (secondary N) is 1. The fraction of sp³-hybridized carbons (Fsp3) is 0.391. The number of ether oxygens (including phenoxy) is 1. The summed E-state index contributed by atoms with van der Waals surface area (Å²) >= 11 is 2.40. The van der Waals surface area contributed by atoms with Crippen LogP contribution in [0, 0.1) is 3.57 Å². The lowest BCUT2D eigenvalue weighted by atomic mass is 10.0. The van der Waals surface area contributed by atoms with E-state index in [0.29, 0.717) is 0 Å². The van der Waals surface area contributed by atoms with Gasteiger partial charge in [-0.05, 0) is 59.1 Å². The van der Waals surface area contributed by atoms with E-state index >= 15 is 0 Å². The Balaban J connectivity index is 2.36. The maximum atomic E-state index is 6.55. The fourth-order valence-electron chi connectivity index (χ4n) is 3.89. The number of para-hydroxylation sites is 1. The van der Waals surface area contributed by atoms with E-state index in [1.165, 1.54) is 9.13 Å². The number of hydrogen-bond acceptors (Lipinski definition) is 3. The third-order valence-electron chi connectivity index (χ3n) is 5.37. The molecule has 6 heteroatoms. The van der Waals surface area contributed by atoms with Crippen molar-refractivity contribution in [1.29, 1.82) is 0 Å². The molecular weight excluding hydrogens is 505 g/mol. The van der Waals surface area contributed by atoms with Gasteiger partial charge in [0.2, 0.25) is 0 Å². The largest absolute Gasteiger partial charge is 0.496 e. The Morgan fingerprint density at radius 2 is 1.69 bits per heavy atom. The first-order valence-corrected chi connectivity index (χ1v) is 18.3. The van der Waals surface area contributed by atoms with E-state index in [9.17, 15) is 0 Å². The summed E-state index contributed by atoms with van der Waals surface area (Å²) in [5.74, 6) is 1.91. The van der Waals surface area contributed by atoms with Crippen molar-refractivity contribution in [1.82, 2.24) is 5.32 Å². The smallest absolute Gasteiger partial charge is 0.134 e. The average Bonchev–Trinajstić information content (AvgIpc) is 3.04. The van der Waals surface area contributed by atoms with E-state index in [-0.39, 0.29) is 0 Å². The van der Waals surface area contributed by atoms with Gasteiger partial charge in [0, 0.05) is 14.5 Å². The van der Waals surface area contributed by atoms with Crippen LogP contribution in [-0.4, -0.2) is 29.4 Å². The molecule has 0 saturated heterocycles. The summed E-state index contributed by atoms with van der Waals surface area (Å²) in [4.78, 5) is 0. The van der Waals surface area contributed by atoms with E-state index < -0.39 is 21.3 Å². The lowest BCUT2D eigenvalue weighted by molar-refractivity contribution is 0.382. The van der Waals surface area contributed by atoms with Gasteiger partial charge in [-0.3, -0.25) is 0 Å². The number of methoxy groups -OCH3 is 1. The lowest BCUT2D eigenvalue weighted by Gasteiger charge is -2.45. The van der Waals surface area contributed by atoms with Gasteiger partial charge in [0.25, 0.3) is 0 Å². The molecule has 1 unspecified atom stereocenters. The molecule has 0 aliphatic carbocycles. The summed E-state index contributed by atoms with van der Waals surface area (Å²) in [6.07, 6.45) is 1.00. The second-order valence-corrected chi connectivity index (χ2v) is 21.9. The number of fused-ring (bicyclic) bond motifs is 1. The van der Waals surface area contributed by atoms with Crippen LogP contribution in [0.15, 0.2) is 52.9 Å². The number of furan rings is 1. The summed E-state index contributed by atoms with van der Waals surface area (Å²) in [6, 6.07) is 17.0. The molecule has 1 aromatic heterocycles. The zero-order valence-corrected chi connectivity index (χ0v) is 22.7. The minimum Gasteiger partial charge on any atom is -0.496 e. The molecule has 1 heterocycles. The highest BCUT2D eigenvalue weighted by molar-refractivity contribution is 14.1. The van der Waals surface area contributed by atoms with Crippen molar-refractivity contribution in [3.05, 3.63) is 63.4 Å². The molecule has 1 N–H and O–H groups in total. The van der Waals surface area contributed by atoms with Crippen LogP contribution >= 0.6 is 22.6 Å². The third-order valence-corrected chi connectivity index (χ3v) is 10.2. The Morgan fingerprint density at radius 3 is 2.28 bits per heavy atom. The van der Waals surface area contributed by atoms with Crippen molar-refractivity contribution < 1.29 is 9.15 Å². The average molecular weight is 538 g/mol. The lowest BCUT2D eigenvalue weighted by Crippen LogP contribution is -2.62. The van der Waals surface area contributed by atoms with E-state index in [1.54, 1.807) is 7.11 Å². The van der Waals surface area contributed by atoms with Crippen LogP contribution in [0.1, 0.15) is 11.3 Å². The predicted octanol–water partition coefficient (Wildman–Crippen LogP) is 6.63. The summed E-state index contributed by atoms with van der Waals surface area (Å²) in [6.45, 7) is 14.4. The quantitative estimate of drug-likeness (QED) is 0.271. The Kier molecular flexibility index (Phi) is 6.39. The molecule has 3 nitrogen and oxygen atoms in total. The van der Waals surface area contributed by atoms with Gasteiger partial charge in [-0.15, -0.1) is 0 Å². The number of rotatable bonds is 7. The second-order valence-electron chi connectivity index (χ2n) is 9.91. The minimum atomic E-state index is -1.92. The predicted molar refractivity (Wildman–Crippen MR) is 137 cm³/mol. The molecule has 0 fully saturated rings. The molecule has 0 bridgehead atoms. The molecule has 0 spiro atoms. The van der Waals surface area contributed by atoms with Crippen molar-refractivity contribution >= 4 is 49.7 Å². The highest BCUT2D eigenvalue weighted by Crippen LogP contribution is 2.45. The van der Waals surface area contributed by atoms with Crippen molar-refractivity contribution in [2.45, 2.75) is 44.4 Å². The van der Waals surface area contributed by atoms with Gasteiger partial charge in [-0.25, -0.2) is 0 Å². The van der Waals surface area contributed by atoms with E-state index in [2.05, 4.69) is 110 Å². The molecule has 0 aliphatic rings. The van der Waals surface area contributed by atoms with E-state index in [1.807, 2.05) is 6.07 Å². The van der Waals surface area contributed by atoms with Crippen molar-refractivity contribution in [3.8, 4) is 5.75 Å². The van der Waals surface area contributed by atoms with Gasteiger partial charge in [0.05, 0.1) is 28.4 Å². The molecule has 156 valence electrons. The highest BCUT2D eigenvalue weighted by Gasteiger charge is 2.50. The summed E-state index contributed by atoms with van der Waals surface area (Å²) in [7, 11) is -1.52. The first kappa shape index (κ1) is 22.6. The van der Waals surface area contributed by atoms with Crippen LogP contribution in [0.4, 0.5) is 0 Å². The first-order valence-electron chi connectivity index (χ1n) is 10.1. The van der Waals surface area contributed by atoms with Gasteiger partial charge in [-0.1, -0.05) is 57.5 Å². The minimum absolute atomic E-state index is 0.390. The summed E-state index contributed by atoms with van der Waals surface area (Å²) in [5.41, 5.74) is 2.12. The maximum absolute atomic E-state index is 6.55. The topological polar surface area (TPSA) is 34.4 Å². The molecule has 0 aliphatic heterocycles. The Labute approximate surface area is 190 Å². The van der Waals surface area contributed by atoms with Crippen LogP contribution in [0.5, 0.6) is 5.75 Å². The molecule has 0 amide bonds. The normalized spacial score (nSPS) is 14.8. The van der Waals surface area contributed by atoms with Gasteiger partial charge in [0.15, 0.2) is 0 Å². The zero-order chi connectivity index (χ0) is 21.4. The van der Waals surface area contributed by atoms with Crippen molar-refractivity contribution in [2.24, 2.45) is 0 Å².